The molecule has 1 aromatic heterocycles. The maximum Gasteiger partial charge on any atom is 0.326 e. The van der Waals surface area contributed by atoms with Crippen molar-refractivity contribution >= 4 is 23.7 Å². The fourth-order valence-corrected chi connectivity index (χ4v) is 3.04. The van der Waals surface area contributed by atoms with Gasteiger partial charge in [-0.25, -0.2) is 9.59 Å². The van der Waals surface area contributed by atoms with Crippen molar-refractivity contribution in [2.45, 2.75) is 25.4 Å². The highest BCUT2D eigenvalue weighted by molar-refractivity contribution is 6.99. The minimum absolute atomic E-state index is 0.127. The number of hydrogen-bond acceptors (Lipinski definition) is 5. The number of carbonyl (C=O) groups is 2. The van der Waals surface area contributed by atoms with Crippen LogP contribution in [0, 0.1) is 0 Å². The van der Waals surface area contributed by atoms with Crippen LogP contribution in [-0.4, -0.2) is 43.3 Å². The lowest BCUT2D eigenvalue weighted by atomic mass is 10.0. The summed E-state index contributed by atoms with van der Waals surface area (Å²) < 4.78 is 7.83. The molecule has 3 rings (SSSR count). The lowest BCUT2D eigenvalue weighted by molar-refractivity contribution is -0.139. The van der Waals surface area contributed by atoms with Gasteiger partial charge in [-0.1, -0.05) is 24.3 Å². The van der Waals surface area contributed by atoms with Gasteiger partial charge in [-0.05, 0) is 17.5 Å². The molecule has 2 heterocycles. The van der Waals surface area contributed by atoms with Gasteiger partial charge in [0.1, 0.15) is 6.04 Å². The van der Waals surface area contributed by atoms with Crippen molar-refractivity contribution in [2.24, 2.45) is 0 Å². The topological polar surface area (TPSA) is 95.4 Å². The second-order valence-electron chi connectivity index (χ2n) is 5.38. The van der Waals surface area contributed by atoms with E-state index in [1.807, 2.05) is 18.2 Å². The minimum Gasteiger partial charge on any atom is -0.480 e. The van der Waals surface area contributed by atoms with E-state index in [0.29, 0.717) is 18.8 Å². The molecule has 1 unspecified atom stereocenters. The van der Waals surface area contributed by atoms with E-state index in [1.165, 1.54) is 11.8 Å². The largest absolute Gasteiger partial charge is 0.480 e. The van der Waals surface area contributed by atoms with Crippen molar-refractivity contribution in [3.63, 3.8) is 0 Å². The minimum atomic E-state index is -1.08. The number of carbonyl (C=O) groups excluding carboxylic acids is 1. The third-order valence-electron chi connectivity index (χ3n) is 3.83. The average Bonchev–Trinajstić information content (AvgIpc) is 3.06. The number of rotatable bonds is 4. The van der Waals surface area contributed by atoms with Crippen LogP contribution in [0.15, 0.2) is 30.5 Å². The van der Waals surface area contributed by atoms with Crippen molar-refractivity contribution in [2.75, 3.05) is 6.54 Å². The maximum atomic E-state index is 12.4. The Morgan fingerprint density at radius 3 is 2.83 bits per heavy atom. The molecule has 2 N–H and O–H groups in total. The first kappa shape index (κ1) is 15.4. The summed E-state index contributed by atoms with van der Waals surface area (Å²) in [5, 5.41) is 11.9. The molecule has 1 aliphatic heterocycles. The van der Waals surface area contributed by atoms with Crippen LogP contribution in [0.4, 0.5) is 4.79 Å². The monoisotopic (exact) mass is 332 g/mol. The van der Waals surface area contributed by atoms with Gasteiger partial charge in [0.15, 0.2) is 0 Å². The smallest absolute Gasteiger partial charge is 0.326 e. The lowest BCUT2D eigenvalue weighted by Crippen LogP contribution is -2.50. The Hall–Kier alpha value is -2.48. The number of carboxylic acids is 1. The molecule has 0 spiro atoms. The molecule has 0 saturated carbocycles. The summed E-state index contributed by atoms with van der Waals surface area (Å²) in [5.41, 5.74) is 2.90. The summed E-state index contributed by atoms with van der Waals surface area (Å²) in [6.45, 7) is 1.07. The highest BCUT2D eigenvalue weighted by Gasteiger charge is 2.26. The normalized spacial score (nSPS) is 14.9. The van der Waals surface area contributed by atoms with Crippen LogP contribution < -0.4 is 5.32 Å². The second-order valence-corrected chi connectivity index (χ2v) is 5.94. The van der Waals surface area contributed by atoms with E-state index in [9.17, 15) is 14.7 Å². The van der Waals surface area contributed by atoms with E-state index < -0.39 is 12.0 Å². The SMILES string of the molecule is O=C(O)C(Cc1cnsn1)NC(=O)N1CCc2ccccc2C1. The second kappa shape index (κ2) is 6.74. The number of amides is 2. The number of aliphatic carboxylic acids is 1. The van der Waals surface area contributed by atoms with Crippen LogP contribution >= 0.6 is 11.7 Å². The van der Waals surface area contributed by atoms with Crippen molar-refractivity contribution in [3.8, 4) is 0 Å². The van der Waals surface area contributed by atoms with E-state index >= 15 is 0 Å². The van der Waals surface area contributed by atoms with E-state index in [4.69, 9.17) is 0 Å². The van der Waals surface area contributed by atoms with Crippen molar-refractivity contribution in [1.29, 1.82) is 0 Å². The van der Waals surface area contributed by atoms with Gasteiger partial charge >= 0.3 is 12.0 Å². The van der Waals surface area contributed by atoms with E-state index in [-0.39, 0.29) is 12.5 Å². The Morgan fingerprint density at radius 2 is 2.13 bits per heavy atom. The van der Waals surface area contributed by atoms with Crippen LogP contribution in [-0.2, 0) is 24.2 Å². The van der Waals surface area contributed by atoms with Crippen LogP contribution in [0.3, 0.4) is 0 Å². The zero-order valence-electron chi connectivity index (χ0n) is 12.3. The van der Waals surface area contributed by atoms with Gasteiger partial charge in [0.05, 0.1) is 23.6 Å². The predicted octanol–water partition coefficient (Wildman–Crippen LogP) is 1.30. The highest BCUT2D eigenvalue weighted by atomic mass is 32.1. The molecule has 1 aliphatic rings. The van der Waals surface area contributed by atoms with Crippen LogP contribution in [0.5, 0.6) is 0 Å². The molecule has 7 nitrogen and oxygen atoms in total. The molecule has 0 saturated heterocycles. The maximum absolute atomic E-state index is 12.4. The number of nitrogens with one attached hydrogen (secondary N) is 1. The highest BCUT2D eigenvalue weighted by Crippen LogP contribution is 2.18. The van der Waals surface area contributed by atoms with E-state index in [1.54, 1.807) is 4.90 Å². The molecule has 1 aromatic carbocycles. The molecular formula is C15H16N4O3S. The van der Waals surface area contributed by atoms with Gasteiger partial charge < -0.3 is 15.3 Å². The number of fused-ring (bicyclic) bond motifs is 1. The average molecular weight is 332 g/mol. The molecule has 23 heavy (non-hydrogen) atoms. The van der Waals surface area contributed by atoms with Crippen molar-refractivity contribution in [3.05, 3.63) is 47.3 Å². The van der Waals surface area contributed by atoms with Crippen LogP contribution in [0.1, 0.15) is 16.8 Å². The van der Waals surface area contributed by atoms with Crippen LogP contribution in [0.25, 0.3) is 0 Å². The van der Waals surface area contributed by atoms with Gasteiger partial charge in [0.25, 0.3) is 0 Å². The van der Waals surface area contributed by atoms with Gasteiger partial charge in [-0.3, -0.25) is 0 Å². The molecule has 0 aliphatic carbocycles. The van der Waals surface area contributed by atoms with Crippen molar-refractivity contribution in [1.82, 2.24) is 19.0 Å². The fourth-order valence-electron chi connectivity index (χ4n) is 2.59. The Balaban J connectivity index is 1.64. The zero-order chi connectivity index (χ0) is 16.2. The zero-order valence-corrected chi connectivity index (χ0v) is 13.1. The third kappa shape index (κ3) is 3.65. The predicted molar refractivity (Wildman–Crippen MR) is 84.1 cm³/mol. The first-order valence-electron chi connectivity index (χ1n) is 7.25. The number of aromatic nitrogens is 2. The first-order chi connectivity index (χ1) is 11.1. The van der Waals surface area contributed by atoms with Gasteiger partial charge in [0, 0.05) is 19.5 Å². The number of nitrogens with zero attached hydrogens (tertiary/aromatic N) is 3. The number of urea groups is 1. The lowest BCUT2D eigenvalue weighted by Gasteiger charge is -2.30. The Bertz CT molecular complexity index is 705. The molecule has 2 amide bonds. The first-order valence-corrected chi connectivity index (χ1v) is 7.98. The molecule has 2 aromatic rings. The molecule has 8 heteroatoms. The number of benzene rings is 1. The van der Waals surface area contributed by atoms with Crippen molar-refractivity contribution < 1.29 is 14.7 Å². The number of carboxylic acid groups (broad SMARTS) is 1. The number of hydrogen-bond donors (Lipinski definition) is 2. The molecule has 1 atom stereocenters. The Kier molecular flexibility index (Phi) is 4.52. The summed E-state index contributed by atoms with van der Waals surface area (Å²) >= 11 is 1.02. The summed E-state index contributed by atoms with van der Waals surface area (Å²) in [5.74, 6) is -1.08. The van der Waals surface area contributed by atoms with Crippen LogP contribution in [0.2, 0.25) is 0 Å². The standard InChI is InChI=1S/C15H16N4O3S/c20-14(21)13(7-12-8-16-23-18-12)17-15(22)19-6-5-10-3-1-2-4-11(10)9-19/h1-4,8,13H,5-7,9H2,(H,17,22)(H,20,21). The fraction of sp³-hybridized carbons (Fsp3) is 0.333. The van der Waals surface area contributed by atoms with Gasteiger partial charge in [0.2, 0.25) is 0 Å². The van der Waals surface area contributed by atoms with Gasteiger partial charge in [-0.2, -0.15) is 8.75 Å². The summed E-state index contributed by atoms with van der Waals surface area (Å²) in [7, 11) is 0. The molecule has 0 radical (unpaired) electrons. The van der Waals surface area contributed by atoms with E-state index in [0.717, 1.165) is 23.7 Å². The summed E-state index contributed by atoms with van der Waals surface area (Å²) in [6.07, 6.45) is 2.42. The Labute approximate surface area is 137 Å². The molecule has 0 fully saturated rings. The summed E-state index contributed by atoms with van der Waals surface area (Å²) in [4.78, 5) is 25.4. The van der Waals surface area contributed by atoms with E-state index in [2.05, 4.69) is 20.1 Å². The third-order valence-corrected chi connectivity index (χ3v) is 4.35. The molecule has 0 bridgehead atoms. The molecular weight excluding hydrogens is 316 g/mol. The van der Waals surface area contributed by atoms with Gasteiger partial charge in [-0.15, -0.1) is 0 Å². The molecule has 120 valence electrons. The quantitative estimate of drug-likeness (QED) is 0.880. The summed E-state index contributed by atoms with van der Waals surface area (Å²) in [6, 6.07) is 6.59. The Morgan fingerprint density at radius 1 is 1.35 bits per heavy atom.